The van der Waals surface area contributed by atoms with Gasteiger partial charge in [-0.05, 0) is 52.5 Å². The van der Waals surface area contributed by atoms with E-state index in [1.807, 2.05) is 20.8 Å². The van der Waals surface area contributed by atoms with Crippen molar-refractivity contribution in [3.05, 3.63) is 22.4 Å². The van der Waals surface area contributed by atoms with E-state index >= 15 is 0 Å². The maximum absolute atomic E-state index is 11.5. The van der Waals surface area contributed by atoms with E-state index < -0.39 is 5.60 Å². The number of carbonyl (C=O) groups excluding carboxylic acids is 1. The monoisotopic (exact) mass is 298 g/mol. The Hall–Kier alpha value is -1.07. The average Bonchev–Trinajstić information content (AvgIpc) is 2.76. The molecule has 0 saturated carbocycles. The fraction of sp³-hybridized carbons (Fsp3) is 0.667. The minimum atomic E-state index is -0.451. The molecule has 5 heteroatoms. The van der Waals surface area contributed by atoms with Crippen molar-refractivity contribution in [2.45, 2.75) is 58.7 Å². The first-order chi connectivity index (χ1) is 9.26. The molecule has 20 heavy (non-hydrogen) atoms. The van der Waals surface area contributed by atoms with Gasteiger partial charge in [0.15, 0.2) is 0 Å². The zero-order chi connectivity index (χ0) is 15.2. The standard InChI is InChI=1S/C15H26N2O2S/c1-11(9-13-7-6-8-20-13)17-12(2)10-16-14(18)19-15(3,4)5/h6-8,11-12,17H,9-10H2,1-5H3,(H,16,18). The molecule has 0 radical (unpaired) electrons. The highest BCUT2D eigenvalue weighted by Gasteiger charge is 2.16. The first-order valence-corrected chi connectivity index (χ1v) is 7.89. The number of carbonyl (C=O) groups is 1. The van der Waals surface area contributed by atoms with E-state index in [-0.39, 0.29) is 12.1 Å². The Kier molecular flexibility index (Phi) is 6.49. The van der Waals surface area contributed by atoms with Gasteiger partial charge >= 0.3 is 6.09 Å². The SMILES string of the molecule is CC(CNC(=O)OC(C)(C)C)NC(C)Cc1cccs1. The summed E-state index contributed by atoms with van der Waals surface area (Å²) in [5.74, 6) is 0. The largest absolute Gasteiger partial charge is 0.444 e. The fourth-order valence-corrected chi connectivity index (χ4v) is 2.72. The highest BCUT2D eigenvalue weighted by atomic mass is 32.1. The first kappa shape index (κ1) is 17.0. The third-order valence-corrected chi connectivity index (χ3v) is 3.51. The van der Waals surface area contributed by atoms with Crippen molar-refractivity contribution in [3.8, 4) is 0 Å². The van der Waals surface area contributed by atoms with Gasteiger partial charge in [-0.25, -0.2) is 4.79 Å². The Balaban J connectivity index is 2.22. The first-order valence-electron chi connectivity index (χ1n) is 7.01. The highest BCUT2D eigenvalue weighted by Crippen LogP contribution is 2.11. The van der Waals surface area contributed by atoms with Gasteiger partial charge in [0.2, 0.25) is 0 Å². The van der Waals surface area contributed by atoms with Crippen LogP contribution in [-0.4, -0.2) is 30.3 Å². The predicted octanol–water partition coefficient (Wildman–Crippen LogP) is 3.18. The van der Waals surface area contributed by atoms with E-state index in [0.29, 0.717) is 12.6 Å². The average molecular weight is 298 g/mol. The van der Waals surface area contributed by atoms with Gasteiger partial charge in [0.25, 0.3) is 0 Å². The summed E-state index contributed by atoms with van der Waals surface area (Å²) in [5.41, 5.74) is -0.451. The lowest BCUT2D eigenvalue weighted by atomic mass is 10.2. The van der Waals surface area contributed by atoms with Crippen molar-refractivity contribution in [2.24, 2.45) is 0 Å². The molecule has 4 nitrogen and oxygen atoms in total. The van der Waals surface area contributed by atoms with Crippen LogP contribution in [0.1, 0.15) is 39.5 Å². The molecule has 0 spiro atoms. The maximum Gasteiger partial charge on any atom is 0.407 e. The summed E-state index contributed by atoms with van der Waals surface area (Å²) in [7, 11) is 0. The van der Waals surface area contributed by atoms with Crippen LogP contribution in [-0.2, 0) is 11.2 Å². The van der Waals surface area contributed by atoms with Crippen molar-refractivity contribution >= 4 is 17.4 Å². The molecule has 1 aromatic rings. The van der Waals surface area contributed by atoms with Gasteiger partial charge in [-0.3, -0.25) is 0 Å². The second-order valence-corrected chi connectivity index (χ2v) is 7.17. The number of amides is 1. The number of alkyl carbamates (subject to hydrolysis) is 1. The topological polar surface area (TPSA) is 50.4 Å². The summed E-state index contributed by atoms with van der Waals surface area (Å²) < 4.78 is 5.20. The van der Waals surface area contributed by atoms with Gasteiger partial charge < -0.3 is 15.4 Å². The minimum absolute atomic E-state index is 0.206. The molecule has 0 saturated heterocycles. The second-order valence-electron chi connectivity index (χ2n) is 6.14. The molecule has 0 aliphatic rings. The molecule has 1 rings (SSSR count). The van der Waals surface area contributed by atoms with E-state index in [4.69, 9.17) is 4.74 Å². The summed E-state index contributed by atoms with van der Waals surface area (Å²) in [4.78, 5) is 12.9. The lowest BCUT2D eigenvalue weighted by Crippen LogP contribution is -2.44. The van der Waals surface area contributed by atoms with Crippen LogP contribution in [0.15, 0.2) is 17.5 Å². The molecule has 1 amide bonds. The second kappa shape index (κ2) is 7.64. The van der Waals surface area contributed by atoms with Crippen LogP contribution < -0.4 is 10.6 Å². The number of hydrogen-bond acceptors (Lipinski definition) is 4. The lowest BCUT2D eigenvalue weighted by Gasteiger charge is -2.22. The van der Waals surface area contributed by atoms with E-state index in [1.165, 1.54) is 4.88 Å². The predicted molar refractivity (Wildman–Crippen MR) is 84.3 cm³/mol. The summed E-state index contributed by atoms with van der Waals surface area (Å²) in [6.45, 7) is 10.3. The molecule has 2 atom stereocenters. The number of hydrogen-bond donors (Lipinski definition) is 2. The van der Waals surface area contributed by atoms with Crippen LogP contribution >= 0.6 is 11.3 Å². The van der Waals surface area contributed by atoms with Crippen LogP contribution in [0.4, 0.5) is 4.79 Å². The maximum atomic E-state index is 11.5. The third kappa shape index (κ3) is 7.50. The molecule has 1 aromatic heterocycles. The van der Waals surface area contributed by atoms with Gasteiger partial charge in [-0.1, -0.05) is 6.07 Å². The van der Waals surface area contributed by atoms with Gasteiger partial charge in [0.1, 0.15) is 5.60 Å². The van der Waals surface area contributed by atoms with Crippen LogP contribution in [0.25, 0.3) is 0 Å². The summed E-state index contributed by atoms with van der Waals surface area (Å²) >= 11 is 1.77. The third-order valence-electron chi connectivity index (χ3n) is 2.61. The van der Waals surface area contributed by atoms with Gasteiger partial charge in [-0.15, -0.1) is 11.3 Å². The molecule has 2 N–H and O–H groups in total. The van der Waals surface area contributed by atoms with E-state index in [9.17, 15) is 4.79 Å². The molecule has 0 fully saturated rings. The van der Waals surface area contributed by atoms with Crippen LogP contribution in [0.5, 0.6) is 0 Å². The molecule has 0 aromatic carbocycles. The fourth-order valence-electron chi connectivity index (χ4n) is 1.88. The van der Waals surface area contributed by atoms with Crippen molar-refractivity contribution < 1.29 is 9.53 Å². The Bertz CT molecular complexity index is 399. The van der Waals surface area contributed by atoms with Gasteiger partial charge in [0.05, 0.1) is 0 Å². The Morgan fingerprint density at radius 3 is 2.60 bits per heavy atom. The van der Waals surface area contributed by atoms with E-state index in [1.54, 1.807) is 11.3 Å². The number of thiophene rings is 1. The van der Waals surface area contributed by atoms with Crippen LogP contribution in [0.2, 0.25) is 0 Å². The molecule has 0 aliphatic carbocycles. The van der Waals surface area contributed by atoms with Crippen LogP contribution in [0, 0.1) is 0 Å². The number of ether oxygens (including phenoxy) is 1. The minimum Gasteiger partial charge on any atom is -0.444 e. The molecule has 0 bridgehead atoms. The van der Waals surface area contributed by atoms with Crippen molar-refractivity contribution in [2.75, 3.05) is 6.54 Å². The summed E-state index contributed by atoms with van der Waals surface area (Å²) in [6.07, 6.45) is 0.645. The molecule has 2 unspecified atom stereocenters. The van der Waals surface area contributed by atoms with Crippen molar-refractivity contribution in [1.29, 1.82) is 0 Å². The Labute approximate surface area is 125 Å². The molecular weight excluding hydrogens is 272 g/mol. The van der Waals surface area contributed by atoms with Gasteiger partial charge in [-0.2, -0.15) is 0 Å². The zero-order valence-electron chi connectivity index (χ0n) is 13.0. The van der Waals surface area contributed by atoms with Crippen molar-refractivity contribution in [3.63, 3.8) is 0 Å². The molecule has 0 aliphatic heterocycles. The van der Waals surface area contributed by atoms with Crippen LogP contribution in [0.3, 0.4) is 0 Å². The Morgan fingerprint density at radius 1 is 1.35 bits per heavy atom. The summed E-state index contributed by atoms with van der Waals surface area (Å²) in [6, 6.07) is 4.80. The normalized spacial score (nSPS) is 14.7. The molecular formula is C15H26N2O2S. The number of nitrogens with one attached hydrogen (secondary N) is 2. The lowest BCUT2D eigenvalue weighted by molar-refractivity contribution is 0.0522. The van der Waals surface area contributed by atoms with Crippen molar-refractivity contribution in [1.82, 2.24) is 10.6 Å². The molecule has 114 valence electrons. The van der Waals surface area contributed by atoms with E-state index in [0.717, 1.165) is 6.42 Å². The summed E-state index contributed by atoms with van der Waals surface area (Å²) in [5, 5.41) is 8.35. The quantitative estimate of drug-likeness (QED) is 0.848. The Morgan fingerprint density at radius 2 is 2.05 bits per heavy atom. The van der Waals surface area contributed by atoms with Gasteiger partial charge in [0, 0.05) is 23.5 Å². The highest BCUT2D eigenvalue weighted by molar-refractivity contribution is 7.09. The van der Waals surface area contributed by atoms with E-state index in [2.05, 4.69) is 42.0 Å². The number of rotatable bonds is 6. The smallest absolute Gasteiger partial charge is 0.407 e. The zero-order valence-corrected chi connectivity index (χ0v) is 13.8. The molecule has 1 heterocycles.